The maximum Gasteiger partial charge on any atom is 0.308 e. The van der Waals surface area contributed by atoms with Gasteiger partial charge in [0.15, 0.2) is 6.10 Å². The molecular weight excluding hydrogens is 723 g/mol. The lowest BCUT2D eigenvalue weighted by atomic mass is 10.1. The first-order valence-corrected chi connectivity index (χ1v) is 23.8. The van der Waals surface area contributed by atoms with Crippen molar-refractivity contribution in [2.75, 3.05) is 27.2 Å². The largest absolute Gasteiger partial charge is 0.463 e. The number of hydrogen-bond acceptors (Lipinski definition) is 10. The summed E-state index contributed by atoms with van der Waals surface area (Å²) in [6, 6.07) is 0. The van der Waals surface area contributed by atoms with Crippen molar-refractivity contribution in [2.24, 2.45) is 0 Å². The van der Waals surface area contributed by atoms with Gasteiger partial charge in [0.2, 0.25) is 12.4 Å². The molecule has 0 spiro atoms. The van der Waals surface area contributed by atoms with Gasteiger partial charge < -0.3 is 28.6 Å². The normalized spacial score (nSPS) is 17.9. The maximum absolute atomic E-state index is 13.3. The average Bonchev–Trinajstić information content (AvgIpc) is 3.48. The van der Waals surface area contributed by atoms with E-state index in [0.717, 1.165) is 64.3 Å². The summed E-state index contributed by atoms with van der Waals surface area (Å²) in [6.07, 6.45) is 27.3. The molecule has 0 N–H and O–H groups in total. The molecule has 334 valence electrons. The third kappa shape index (κ3) is 29.6. The summed E-state index contributed by atoms with van der Waals surface area (Å²) in [5.41, 5.74) is 0. The van der Waals surface area contributed by atoms with Crippen LogP contribution in [-0.2, 0) is 42.9 Å². The number of rotatable bonds is 39. The van der Waals surface area contributed by atoms with Crippen LogP contribution in [-0.4, -0.2) is 80.6 Å². The first-order chi connectivity index (χ1) is 27.7. The van der Waals surface area contributed by atoms with Crippen LogP contribution in [0.25, 0.3) is 0 Å². The van der Waals surface area contributed by atoms with E-state index in [0.29, 0.717) is 25.7 Å². The summed E-state index contributed by atoms with van der Waals surface area (Å²) in [6.45, 7) is 7.18. The van der Waals surface area contributed by atoms with Crippen molar-refractivity contribution in [1.82, 2.24) is 4.90 Å². The Balaban J connectivity index is 2.92. The summed E-state index contributed by atoms with van der Waals surface area (Å²) >= 11 is 0. The van der Waals surface area contributed by atoms with E-state index < -0.39 is 48.5 Å². The monoisotopic (exact) mass is 810 g/mol. The number of carbonyl (C=O) groups is 4. The molecule has 10 nitrogen and oxygen atoms in total. The van der Waals surface area contributed by atoms with Crippen LogP contribution >= 0.6 is 0 Å². The zero-order valence-corrected chi connectivity index (χ0v) is 37.5. The fraction of sp³-hybridized carbons (Fsp3) is 0.915. The molecule has 0 bridgehead atoms. The van der Waals surface area contributed by atoms with Gasteiger partial charge in [-0.1, -0.05) is 175 Å². The Morgan fingerprint density at radius 1 is 0.421 bits per heavy atom. The number of unbranched alkanes of at least 4 members (excludes halogenated alkanes) is 24. The topological polar surface area (TPSA) is 118 Å². The van der Waals surface area contributed by atoms with Crippen LogP contribution in [0, 0.1) is 0 Å². The maximum atomic E-state index is 13.3. The number of carbonyl (C=O) groups excluding carboxylic acids is 4. The van der Waals surface area contributed by atoms with Crippen LogP contribution in [0.1, 0.15) is 226 Å². The van der Waals surface area contributed by atoms with Crippen LogP contribution in [0.3, 0.4) is 0 Å². The molecule has 0 aromatic heterocycles. The minimum absolute atomic E-state index is 0.204. The van der Waals surface area contributed by atoms with E-state index in [-0.39, 0.29) is 32.3 Å². The second-order valence-electron chi connectivity index (χ2n) is 16.8. The average molecular weight is 810 g/mol. The third-order valence-corrected chi connectivity index (χ3v) is 10.9. The molecule has 1 aliphatic heterocycles. The van der Waals surface area contributed by atoms with Crippen LogP contribution in [0.5, 0.6) is 0 Å². The molecule has 0 radical (unpaired) electrons. The number of esters is 4. The Kier molecular flexibility index (Phi) is 34.1. The van der Waals surface area contributed by atoms with Crippen LogP contribution in [0.2, 0.25) is 0 Å². The predicted molar refractivity (Wildman–Crippen MR) is 229 cm³/mol. The fourth-order valence-electron chi connectivity index (χ4n) is 7.32. The third-order valence-electron chi connectivity index (χ3n) is 10.9. The van der Waals surface area contributed by atoms with Gasteiger partial charge in [0, 0.05) is 25.7 Å². The van der Waals surface area contributed by atoms with Gasteiger partial charge in [-0.25, -0.2) is 0 Å². The van der Waals surface area contributed by atoms with E-state index in [1.54, 1.807) is 0 Å². The Morgan fingerprint density at radius 3 is 1.14 bits per heavy atom. The molecule has 0 saturated carbocycles. The molecule has 1 fully saturated rings. The first kappa shape index (κ1) is 52.8. The molecule has 0 amide bonds. The van der Waals surface area contributed by atoms with Gasteiger partial charge in [0.1, 0.15) is 12.7 Å². The second-order valence-corrected chi connectivity index (χ2v) is 16.8. The van der Waals surface area contributed by atoms with Crippen molar-refractivity contribution in [1.29, 1.82) is 0 Å². The number of nitrogens with zero attached hydrogens (tertiary/aromatic N) is 1. The molecule has 1 saturated heterocycles. The molecule has 1 heterocycles. The molecule has 1 rings (SSSR count). The van der Waals surface area contributed by atoms with E-state index in [9.17, 15) is 19.2 Å². The molecule has 10 heteroatoms. The molecule has 0 aromatic rings. The Labute approximate surface area is 348 Å². The van der Waals surface area contributed by atoms with Gasteiger partial charge in [-0.15, -0.1) is 0 Å². The minimum atomic E-state index is -1.27. The smallest absolute Gasteiger partial charge is 0.308 e. The Morgan fingerprint density at radius 2 is 0.754 bits per heavy atom. The van der Waals surface area contributed by atoms with Gasteiger partial charge in [-0.3, -0.25) is 19.2 Å². The number of ether oxygens (including phenoxy) is 5. The van der Waals surface area contributed by atoms with Crippen molar-refractivity contribution in [3.63, 3.8) is 0 Å². The van der Waals surface area contributed by atoms with Gasteiger partial charge in [-0.2, -0.15) is 0 Å². The molecule has 1 aliphatic rings. The highest BCUT2D eigenvalue weighted by Crippen LogP contribution is 2.30. The molecule has 0 aromatic carbocycles. The van der Waals surface area contributed by atoms with Gasteiger partial charge in [0.25, 0.3) is 0 Å². The second kappa shape index (κ2) is 36.8. The SMILES string of the molecule is CCCCCCCCCCCC(=O)O[C@@H]1O[C@H](COC(=O)CCCN(C)C)[C@H](OC(=O)CCCCCCCCCCC)[C@@H]1OC(=O)CCCCCCCCCCC. The lowest BCUT2D eigenvalue weighted by Crippen LogP contribution is -2.42. The predicted octanol–water partition coefficient (Wildman–Crippen LogP) is 11.7. The van der Waals surface area contributed by atoms with E-state index in [1.165, 1.54) is 96.3 Å². The molecular formula is C47H87NO9. The lowest BCUT2D eigenvalue weighted by Gasteiger charge is -2.24. The summed E-state index contributed by atoms with van der Waals surface area (Å²) in [5, 5.41) is 0. The highest BCUT2D eigenvalue weighted by atomic mass is 16.8. The Hall–Kier alpha value is -2.20. The van der Waals surface area contributed by atoms with Crippen molar-refractivity contribution >= 4 is 23.9 Å². The molecule has 57 heavy (non-hydrogen) atoms. The lowest BCUT2D eigenvalue weighted by molar-refractivity contribution is -0.200. The van der Waals surface area contributed by atoms with E-state index in [1.807, 2.05) is 19.0 Å². The first-order valence-electron chi connectivity index (χ1n) is 23.8. The van der Waals surface area contributed by atoms with Gasteiger partial charge in [0.05, 0.1) is 0 Å². The molecule has 4 atom stereocenters. The van der Waals surface area contributed by atoms with Crippen LogP contribution in [0.15, 0.2) is 0 Å². The zero-order chi connectivity index (χ0) is 41.8. The fourth-order valence-corrected chi connectivity index (χ4v) is 7.32. The van der Waals surface area contributed by atoms with Gasteiger partial charge in [-0.05, 0) is 46.3 Å². The zero-order valence-electron chi connectivity index (χ0n) is 37.5. The van der Waals surface area contributed by atoms with Crippen molar-refractivity contribution in [3.8, 4) is 0 Å². The highest BCUT2D eigenvalue weighted by molar-refractivity contribution is 5.72. The molecule has 0 aliphatic carbocycles. The summed E-state index contributed by atoms with van der Waals surface area (Å²) < 4.78 is 29.5. The number of hydrogen-bond donors (Lipinski definition) is 0. The summed E-state index contributed by atoms with van der Waals surface area (Å²) in [7, 11) is 3.89. The van der Waals surface area contributed by atoms with E-state index >= 15 is 0 Å². The highest BCUT2D eigenvalue weighted by Gasteiger charge is 2.52. The van der Waals surface area contributed by atoms with Gasteiger partial charge >= 0.3 is 23.9 Å². The minimum Gasteiger partial charge on any atom is -0.463 e. The summed E-state index contributed by atoms with van der Waals surface area (Å²) in [5.74, 6) is -1.74. The summed E-state index contributed by atoms with van der Waals surface area (Å²) in [4.78, 5) is 54.4. The van der Waals surface area contributed by atoms with Crippen molar-refractivity contribution in [2.45, 2.75) is 251 Å². The van der Waals surface area contributed by atoms with Crippen molar-refractivity contribution < 1.29 is 42.9 Å². The Bertz CT molecular complexity index is 1010. The molecule has 0 unspecified atom stereocenters. The standard InChI is InChI=1S/C47H87NO9/c1-6-9-12-15-18-21-24-27-30-34-42(50)55-45-40(39-53-41(49)37-33-38-48(4)5)54-47(57-44(52)36-32-29-26-23-20-17-14-11-8-3)46(45)56-43(51)35-31-28-25-22-19-16-13-10-7-2/h40,45-47H,6-39H2,1-5H3/t40-,45+,46+,47+/m1/s1. The van der Waals surface area contributed by atoms with E-state index in [2.05, 4.69) is 20.8 Å². The quantitative estimate of drug-likeness (QED) is 0.0337. The van der Waals surface area contributed by atoms with Crippen molar-refractivity contribution in [3.05, 3.63) is 0 Å². The van der Waals surface area contributed by atoms with Crippen LogP contribution in [0.4, 0.5) is 0 Å². The van der Waals surface area contributed by atoms with E-state index in [4.69, 9.17) is 23.7 Å². The van der Waals surface area contributed by atoms with Crippen LogP contribution < -0.4 is 0 Å².